The van der Waals surface area contributed by atoms with Crippen molar-refractivity contribution in [2.45, 2.75) is 0 Å². The predicted molar refractivity (Wildman–Crippen MR) is 103 cm³/mol. The van der Waals surface area contributed by atoms with E-state index >= 15 is 0 Å². The minimum absolute atomic E-state index is 0.00763. The summed E-state index contributed by atoms with van der Waals surface area (Å²) in [6.45, 7) is 0. The molecule has 0 unspecified atom stereocenters. The fraction of sp³-hybridized carbons (Fsp3) is 0. The summed E-state index contributed by atoms with van der Waals surface area (Å²) in [6.07, 6.45) is 0. The lowest BCUT2D eigenvalue weighted by molar-refractivity contribution is 0.0698. The number of nitrogens with two attached hydrogens (primary N) is 2. The normalized spacial score (nSPS) is 11.3. The number of carboxylic acid groups (broad SMARTS) is 1. The van der Waals surface area contributed by atoms with E-state index in [1.54, 1.807) is 36.4 Å². The van der Waals surface area contributed by atoms with Crippen LogP contribution in [-0.4, -0.2) is 11.1 Å². The summed E-state index contributed by atoms with van der Waals surface area (Å²) < 4.78 is 0. The minimum Gasteiger partial charge on any atom is -0.478 e. The summed E-state index contributed by atoms with van der Waals surface area (Å²) in [5.41, 5.74) is 13.2. The molecule has 27 heavy (non-hydrogen) atoms. The first kappa shape index (κ1) is 17.7. The van der Waals surface area contributed by atoms with Crippen molar-refractivity contribution < 1.29 is 9.90 Å². The Morgan fingerprint density at radius 2 is 1.22 bits per heavy atom. The van der Waals surface area contributed by atoms with E-state index in [4.69, 9.17) is 11.5 Å². The molecule has 0 amide bonds. The summed E-state index contributed by atoms with van der Waals surface area (Å²) in [5.74, 6) is -1.22. The Labute approximate surface area is 154 Å². The van der Waals surface area contributed by atoms with Crippen molar-refractivity contribution in [2.75, 3.05) is 11.5 Å². The van der Waals surface area contributed by atoms with Crippen molar-refractivity contribution in [1.29, 1.82) is 0 Å². The molecule has 0 heterocycles. The average molecular weight is 360 g/mol. The lowest BCUT2D eigenvalue weighted by Crippen LogP contribution is -2.02. The van der Waals surface area contributed by atoms with Gasteiger partial charge in [0.05, 0.1) is 28.3 Å². The molecule has 0 aliphatic carbocycles. The second kappa shape index (κ2) is 7.87. The second-order valence-corrected chi connectivity index (χ2v) is 5.50. The number of nitrogen functional groups attached to an aromatic ring is 2. The van der Waals surface area contributed by atoms with Gasteiger partial charge in [-0.05, 0) is 30.3 Å². The molecule has 0 aliphatic rings. The van der Waals surface area contributed by atoms with Gasteiger partial charge in [-0.1, -0.05) is 36.4 Å². The molecule has 0 radical (unpaired) electrons. The lowest BCUT2D eigenvalue weighted by atomic mass is 10.1. The monoisotopic (exact) mass is 360 g/mol. The molecule has 0 atom stereocenters. The molecule has 8 nitrogen and oxygen atoms in total. The first-order valence-corrected chi connectivity index (χ1v) is 7.95. The number of hydrogen-bond acceptors (Lipinski definition) is 7. The second-order valence-electron chi connectivity index (χ2n) is 5.50. The fourth-order valence-electron chi connectivity index (χ4n) is 2.29. The van der Waals surface area contributed by atoms with Crippen LogP contribution < -0.4 is 11.5 Å². The minimum atomic E-state index is -1.22. The van der Waals surface area contributed by atoms with Gasteiger partial charge >= 0.3 is 5.97 Å². The molecule has 3 rings (SSSR count). The van der Waals surface area contributed by atoms with Gasteiger partial charge in [-0.15, -0.1) is 10.2 Å². The standard InChI is InChI=1S/C19H16N6O2/c20-15-11-14(19(26)27)17(24-22-12-7-3-1-4-8-12)16(21)18(15)25-23-13-9-5-2-6-10-13/h1-11H,20-21H2,(H,26,27). The molecule has 0 aliphatic heterocycles. The van der Waals surface area contributed by atoms with Crippen LogP contribution in [0.4, 0.5) is 34.1 Å². The Morgan fingerprint density at radius 1 is 0.741 bits per heavy atom. The van der Waals surface area contributed by atoms with Gasteiger partial charge < -0.3 is 16.6 Å². The summed E-state index contributed by atoms with van der Waals surface area (Å²) in [4.78, 5) is 11.6. The van der Waals surface area contributed by atoms with E-state index in [2.05, 4.69) is 20.5 Å². The number of azo groups is 2. The Bertz CT molecular complexity index is 1020. The van der Waals surface area contributed by atoms with Crippen molar-refractivity contribution in [3.8, 4) is 0 Å². The number of rotatable bonds is 5. The van der Waals surface area contributed by atoms with Gasteiger partial charge in [-0.2, -0.15) is 10.2 Å². The molecule has 0 bridgehead atoms. The highest BCUT2D eigenvalue weighted by atomic mass is 16.4. The van der Waals surface area contributed by atoms with E-state index in [-0.39, 0.29) is 28.3 Å². The third-order valence-electron chi connectivity index (χ3n) is 3.61. The number of aromatic carboxylic acids is 1. The molecule has 134 valence electrons. The van der Waals surface area contributed by atoms with Gasteiger partial charge in [0.15, 0.2) is 0 Å². The van der Waals surface area contributed by atoms with Crippen molar-refractivity contribution in [2.24, 2.45) is 20.5 Å². The van der Waals surface area contributed by atoms with Gasteiger partial charge in [-0.3, -0.25) is 0 Å². The smallest absolute Gasteiger partial charge is 0.338 e. The van der Waals surface area contributed by atoms with Crippen molar-refractivity contribution in [3.05, 3.63) is 72.3 Å². The Morgan fingerprint density at radius 3 is 1.70 bits per heavy atom. The molecule has 8 heteroatoms. The first-order valence-electron chi connectivity index (χ1n) is 7.95. The van der Waals surface area contributed by atoms with Crippen LogP contribution in [0.3, 0.4) is 0 Å². The summed E-state index contributed by atoms with van der Waals surface area (Å²) >= 11 is 0. The number of nitrogens with zero attached hydrogens (tertiary/aromatic N) is 4. The number of carbonyl (C=O) groups is 1. The summed E-state index contributed by atoms with van der Waals surface area (Å²) in [5, 5.41) is 25.6. The van der Waals surface area contributed by atoms with Crippen LogP contribution in [-0.2, 0) is 0 Å². The molecule has 5 N–H and O–H groups in total. The zero-order valence-electron chi connectivity index (χ0n) is 14.1. The average Bonchev–Trinajstić information content (AvgIpc) is 2.68. The number of benzene rings is 3. The maximum Gasteiger partial charge on any atom is 0.338 e. The van der Waals surface area contributed by atoms with Gasteiger partial charge in [0.1, 0.15) is 11.4 Å². The van der Waals surface area contributed by atoms with Crippen LogP contribution >= 0.6 is 0 Å². The largest absolute Gasteiger partial charge is 0.478 e. The Kier molecular flexibility index (Phi) is 5.17. The quantitative estimate of drug-likeness (QED) is 0.415. The van der Waals surface area contributed by atoms with Crippen molar-refractivity contribution in [1.82, 2.24) is 0 Å². The zero-order valence-corrected chi connectivity index (χ0v) is 14.1. The maximum absolute atomic E-state index is 11.6. The molecular formula is C19H16N6O2. The topological polar surface area (TPSA) is 139 Å². The van der Waals surface area contributed by atoms with Gasteiger partial charge in [0.25, 0.3) is 0 Å². The molecule has 0 fully saturated rings. The van der Waals surface area contributed by atoms with Crippen LogP contribution in [0.5, 0.6) is 0 Å². The van der Waals surface area contributed by atoms with E-state index in [1.165, 1.54) is 6.07 Å². The molecule has 3 aromatic carbocycles. The van der Waals surface area contributed by atoms with Gasteiger partial charge in [0.2, 0.25) is 0 Å². The van der Waals surface area contributed by atoms with E-state index in [1.807, 2.05) is 24.3 Å². The highest BCUT2D eigenvalue weighted by molar-refractivity contribution is 6.02. The fourth-order valence-corrected chi connectivity index (χ4v) is 2.29. The third kappa shape index (κ3) is 4.13. The Balaban J connectivity index is 2.06. The van der Waals surface area contributed by atoms with Crippen LogP contribution in [0.25, 0.3) is 0 Å². The highest BCUT2D eigenvalue weighted by Crippen LogP contribution is 2.41. The first-order chi connectivity index (χ1) is 13.1. The van der Waals surface area contributed by atoms with E-state index < -0.39 is 5.97 Å². The summed E-state index contributed by atoms with van der Waals surface area (Å²) in [6, 6.07) is 19.1. The van der Waals surface area contributed by atoms with Crippen molar-refractivity contribution in [3.63, 3.8) is 0 Å². The van der Waals surface area contributed by atoms with Gasteiger partial charge in [0, 0.05) is 0 Å². The van der Waals surface area contributed by atoms with Crippen LogP contribution in [0.15, 0.2) is 87.2 Å². The SMILES string of the molecule is Nc1cc(C(=O)O)c(N=Nc2ccccc2)c(N)c1N=Nc1ccccc1. The number of carboxylic acids is 1. The summed E-state index contributed by atoms with van der Waals surface area (Å²) in [7, 11) is 0. The number of anilines is 2. The lowest BCUT2D eigenvalue weighted by Gasteiger charge is -2.09. The number of hydrogen-bond donors (Lipinski definition) is 3. The molecule has 0 saturated carbocycles. The van der Waals surface area contributed by atoms with E-state index in [0.29, 0.717) is 11.4 Å². The van der Waals surface area contributed by atoms with E-state index in [0.717, 1.165) is 0 Å². The molecule has 0 spiro atoms. The third-order valence-corrected chi connectivity index (χ3v) is 3.61. The highest BCUT2D eigenvalue weighted by Gasteiger charge is 2.19. The van der Waals surface area contributed by atoms with Gasteiger partial charge in [-0.25, -0.2) is 4.79 Å². The van der Waals surface area contributed by atoms with Crippen molar-refractivity contribution >= 4 is 40.1 Å². The van der Waals surface area contributed by atoms with E-state index in [9.17, 15) is 9.90 Å². The van der Waals surface area contributed by atoms with Crippen LogP contribution in [0.2, 0.25) is 0 Å². The maximum atomic E-state index is 11.6. The van der Waals surface area contributed by atoms with Crippen LogP contribution in [0, 0.1) is 0 Å². The zero-order chi connectivity index (χ0) is 19.2. The Hall–Kier alpha value is -4.07. The molecular weight excluding hydrogens is 344 g/mol. The molecule has 0 aromatic heterocycles. The molecule has 3 aromatic rings. The predicted octanol–water partition coefficient (Wildman–Crippen LogP) is 5.38. The molecule has 0 saturated heterocycles. The van der Waals surface area contributed by atoms with Crippen LogP contribution in [0.1, 0.15) is 10.4 Å².